The van der Waals surface area contributed by atoms with E-state index < -0.39 is 10.0 Å². The van der Waals surface area contributed by atoms with E-state index in [0.717, 1.165) is 38.8 Å². The van der Waals surface area contributed by atoms with E-state index in [4.69, 9.17) is 4.74 Å². The van der Waals surface area contributed by atoms with E-state index in [-0.39, 0.29) is 0 Å². The van der Waals surface area contributed by atoms with Crippen LogP contribution in [0.5, 0.6) is 0 Å². The van der Waals surface area contributed by atoms with E-state index in [0.29, 0.717) is 30.8 Å². The summed E-state index contributed by atoms with van der Waals surface area (Å²) in [7, 11) is -1.33. The summed E-state index contributed by atoms with van der Waals surface area (Å²) in [6.07, 6.45) is 6.14. The first-order valence-electron chi connectivity index (χ1n) is 7.82. The van der Waals surface area contributed by atoms with Crippen molar-refractivity contribution < 1.29 is 13.2 Å². The number of unbranched alkanes of at least 4 members (excludes halogenated alkanes) is 1. The minimum Gasteiger partial charge on any atom is -0.384 e. The molecule has 0 unspecified atom stereocenters. The van der Waals surface area contributed by atoms with Crippen LogP contribution in [0.15, 0.2) is 0 Å². The van der Waals surface area contributed by atoms with Crippen molar-refractivity contribution in [2.45, 2.75) is 44.6 Å². The second-order valence-electron chi connectivity index (χ2n) is 6.05. The molecule has 2 fully saturated rings. The van der Waals surface area contributed by atoms with Crippen molar-refractivity contribution in [3.8, 4) is 0 Å². The summed E-state index contributed by atoms with van der Waals surface area (Å²) in [5.41, 5.74) is 0. The summed E-state index contributed by atoms with van der Waals surface area (Å²) in [6, 6.07) is 0.714. The molecule has 0 atom stereocenters. The normalized spacial score (nSPS) is 22.2. The topological polar surface area (TPSA) is 58.6 Å². The maximum atomic E-state index is 12.2. The minimum atomic E-state index is -3.04. The van der Waals surface area contributed by atoms with Gasteiger partial charge in [-0.15, -0.1) is 0 Å². The molecular formula is C14H28N2O3S. The summed E-state index contributed by atoms with van der Waals surface area (Å²) in [5.74, 6) is 0.822. The standard InChI is InChI=1S/C14H28N2O3S/c1-19-12-13-6-9-16(10-7-13)20(17,18)11-3-2-8-15-14-4-5-14/h13-15H,2-12H2,1H3. The summed E-state index contributed by atoms with van der Waals surface area (Å²) in [5, 5.41) is 3.42. The Labute approximate surface area is 123 Å². The Morgan fingerprint density at radius 1 is 1.15 bits per heavy atom. The molecule has 0 amide bonds. The van der Waals surface area contributed by atoms with Gasteiger partial charge in [-0.25, -0.2) is 12.7 Å². The lowest BCUT2D eigenvalue weighted by Crippen LogP contribution is -2.40. The maximum Gasteiger partial charge on any atom is 0.214 e. The zero-order chi connectivity index (χ0) is 14.4. The molecule has 20 heavy (non-hydrogen) atoms. The summed E-state index contributed by atoms with van der Waals surface area (Å²) in [6.45, 7) is 3.03. The smallest absolute Gasteiger partial charge is 0.214 e. The van der Waals surface area contributed by atoms with Crippen LogP contribution in [0.25, 0.3) is 0 Å². The van der Waals surface area contributed by atoms with Gasteiger partial charge in [-0.2, -0.15) is 0 Å². The van der Waals surface area contributed by atoms with E-state index in [1.54, 1.807) is 11.4 Å². The van der Waals surface area contributed by atoms with Gasteiger partial charge in [-0.05, 0) is 51.0 Å². The quantitative estimate of drug-likeness (QED) is 0.651. The van der Waals surface area contributed by atoms with Gasteiger partial charge in [0.05, 0.1) is 5.75 Å². The van der Waals surface area contributed by atoms with Crippen LogP contribution in [0.1, 0.15) is 38.5 Å². The molecule has 0 spiro atoms. The molecule has 0 aromatic rings. The summed E-state index contributed by atoms with van der Waals surface area (Å²) >= 11 is 0. The van der Waals surface area contributed by atoms with Crippen molar-refractivity contribution in [3.63, 3.8) is 0 Å². The zero-order valence-electron chi connectivity index (χ0n) is 12.5. The molecule has 2 aliphatic rings. The van der Waals surface area contributed by atoms with Crippen molar-refractivity contribution in [1.29, 1.82) is 0 Å². The highest BCUT2D eigenvalue weighted by Gasteiger charge is 2.27. The summed E-state index contributed by atoms with van der Waals surface area (Å²) < 4.78 is 31.3. The van der Waals surface area contributed by atoms with Crippen LogP contribution in [0.4, 0.5) is 0 Å². The van der Waals surface area contributed by atoms with Crippen molar-refractivity contribution in [3.05, 3.63) is 0 Å². The molecule has 0 radical (unpaired) electrons. The van der Waals surface area contributed by atoms with Gasteiger partial charge < -0.3 is 10.1 Å². The molecule has 1 saturated carbocycles. The van der Waals surface area contributed by atoms with Crippen LogP contribution < -0.4 is 5.32 Å². The number of nitrogens with zero attached hydrogens (tertiary/aromatic N) is 1. The Morgan fingerprint density at radius 3 is 2.45 bits per heavy atom. The van der Waals surface area contributed by atoms with Gasteiger partial charge in [0.2, 0.25) is 10.0 Å². The molecule has 2 rings (SSSR count). The van der Waals surface area contributed by atoms with Crippen LogP contribution in [-0.2, 0) is 14.8 Å². The predicted octanol–water partition coefficient (Wildman–Crippen LogP) is 1.21. The number of hydrogen-bond donors (Lipinski definition) is 1. The molecular weight excluding hydrogens is 276 g/mol. The van der Waals surface area contributed by atoms with E-state index in [1.807, 2.05) is 0 Å². The third-order valence-electron chi connectivity index (χ3n) is 4.21. The highest BCUT2D eigenvalue weighted by molar-refractivity contribution is 7.89. The largest absolute Gasteiger partial charge is 0.384 e. The second-order valence-corrected chi connectivity index (χ2v) is 8.14. The third-order valence-corrected chi connectivity index (χ3v) is 6.17. The Morgan fingerprint density at radius 2 is 1.85 bits per heavy atom. The number of nitrogens with one attached hydrogen (secondary N) is 1. The highest BCUT2D eigenvalue weighted by atomic mass is 32.2. The monoisotopic (exact) mass is 304 g/mol. The maximum absolute atomic E-state index is 12.2. The molecule has 1 heterocycles. The molecule has 1 saturated heterocycles. The Kier molecular flexibility index (Phi) is 6.26. The molecule has 118 valence electrons. The average molecular weight is 304 g/mol. The van der Waals surface area contributed by atoms with Crippen molar-refractivity contribution in [1.82, 2.24) is 9.62 Å². The van der Waals surface area contributed by atoms with E-state index in [1.165, 1.54) is 12.8 Å². The zero-order valence-corrected chi connectivity index (χ0v) is 13.3. The number of sulfonamides is 1. The minimum absolute atomic E-state index is 0.300. The number of piperidine rings is 1. The number of methoxy groups -OCH3 is 1. The molecule has 0 aromatic carbocycles. The second kappa shape index (κ2) is 7.73. The Hall–Kier alpha value is -0.170. The van der Waals surface area contributed by atoms with Gasteiger partial charge in [0, 0.05) is 32.8 Å². The van der Waals surface area contributed by atoms with Gasteiger partial charge in [0.1, 0.15) is 0 Å². The Bertz CT molecular complexity index is 374. The van der Waals surface area contributed by atoms with E-state index in [9.17, 15) is 8.42 Å². The van der Waals surface area contributed by atoms with Crippen LogP contribution in [-0.4, -0.2) is 57.9 Å². The fourth-order valence-electron chi connectivity index (χ4n) is 2.72. The van der Waals surface area contributed by atoms with Gasteiger partial charge >= 0.3 is 0 Å². The molecule has 0 aromatic heterocycles. The molecule has 6 heteroatoms. The van der Waals surface area contributed by atoms with Crippen LogP contribution in [0.3, 0.4) is 0 Å². The first-order valence-corrected chi connectivity index (χ1v) is 9.43. The molecule has 0 bridgehead atoms. The van der Waals surface area contributed by atoms with Crippen molar-refractivity contribution in [2.24, 2.45) is 5.92 Å². The Balaban J connectivity index is 1.62. The van der Waals surface area contributed by atoms with Crippen LogP contribution in [0, 0.1) is 5.92 Å². The van der Waals surface area contributed by atoms with Gasteiger partial charge in [-0.3, -0.25) is 0 Å². The van der Waals surface area contributed by atoms with Gasteiger partial charge in [0.25, 0.3) is 0 Å². The number of rotatable bonds is 9. The first-order chi connectivity index (χ1) is 9.62. The SMILES string of the molecule is COCC1CCN(S(=O)(=O)CCCCNC2CC2)CC1. The lowest BCUT2D eigenvalue weighted by Gasteiger charge is -2.30. The third kappa shape index (κ3) is 5.31. The number of ether oxygens (including phenoxy) is 1. The summed E-state index contributed by atoms with van der Waals surface area (Å²) in [4.78, 5) is 0. The van der Waals surface area contributed by atoms with E-state index >= 15 is 0 Å². The predicted molar refractivity (Wildman–Crippen MR) is 80.2 cm³/mol. The fourth-order valence-corrected chi connectivity index (χ4v) is 4.32. The van der Waals surface area contributed by atoms with Crippen molar-refractivity contribution in [2.75, 3.05) is 39.1 Å². The lowest BCUT2D eigenvalue weighted by atomic mass is 9.99. The molecule has 1 aliphatic carbocycles. The lowest BCUT2D eigenvalue weighted by molar-refractivity contribution is 0.121. The molecule has 1 aliphatic heterocycles. The van der Waals surface area contributed by atoms with E-state index in [2.05, 4.69) is 5.32 Å². The van der Waals surface area contributed by atoms with Gasteiger partial charge in [0.15, 0.2) is 0 Å². The average Bonchev–Trinajstić information content (AvgIpc) is 3.23. The number of hydrogen-bond acceptors (Lipinski definition) is 4. The first kappa shape index (κ1) is 16.2. The highest BCUT2D eigenvalue weighted by Crippen LogP contribution is 2.21. The van der Waals surface area contributed by atoms with Crippen molar-refractivity contribution >= 4 is 10.0 Å². The van der Waals surface area contributed by atoms with Crippen LogP contribution in [0.2, 0.25) is 0 Å². The fraction of sp³-hybridized carbons (Fsp3) is 1.00. The van der Waals surface area contributed by atoms with Crippen LogP contribution >= 0.6 is 0 Å². The molecule has 5 nitrogen and oxygen atoms in total. The molecule has 1 N–H and O–H groups in total. The van der Waals surface area contributed by atoms with Gasteiger partial charge in [-0.1, -0.05) is 0 Å².